The summed E-state index contributed by atoms with van der Waals surface area (Å²) in [5.74, 6) is -0.653. The predicted molar refractivity (Wildman–Crippen MR) is 127 cm³/mol. The number of hydrogen-bond acceptors (Lipinski definition) is 5. The molecular weight excluding hydrogens is 434 g/mol. The van der Waals surface area contributed by atoms with Crippen LogP contribution in [0.25, 0.3) is 17.0 Å². The highest BCUT2D eigenvalue weighted by atomic mass is 16.5. The van der Waals surface area contributed by atoms with E-state index >= 15 is 0 Å². The van der Waals surface area contributed by atoms with Gasteiger partial charge in [-0.15, -0.1) is 0 Å². The van der Waals surface area contributed by atoms with E-state index in [4.69, 9.17) is 9.15 Å². The molecule has 1 N–H and O–H groups in total. The van der Waals surface area contributed by atoms with Crippen LogP contribution >= 0.6 is 0 Å². The van der Waals surface area contributed by atoms with Gasteiger partial charge in [-0.25, -0.2) is 0 Å². The van der Waals surface area contributed by atoms with E-state index in [1.165, 1.54) is 6.92 Å². The Balaban J connectivity index is 1.45. The molecule has 0 bridgehead atoms. The average Bonchev–Trinajstić information content (AvgIpc) is 3.22. The molecule has 3 aromatic rings. The number of furan rings is 1. The minimum Gasteiger partial charge on any atom is -0.449 e. The second kappa shape index (κ2) is 9.15. The third-order valence-electron chi connectivity index (χ3n) is 6.20. The fourth-order valence-corrected chi connectivity index (χ4v) is 4.51. The van der Waals surface area contributed by atoms with Crippen molar-refractivity contribution in [2.45, 2.75) is 19.4 Å². The van der Waals surface area contributed by atoms with Crippen molar-refractivity contribution in [1.82, 2.24) is 9.80 Å². The zero-order chi connectivity index (χ0) is 23.7. The Labute approximate surface area is 196 Å². The summed E-state index contributed by atoms with van der Waals surface area (Å²) < 4.78 is 11.2. The number of para-hydroxylation sites is 1. The van der Waals surface area contributed by atoms with E-state index in [-0.39, 0.29) is 29.9 Å². The van der Waals surface area contributed by atoms with Crippen molar-refractivity contribution < 1.29 is 23.5 Å². The molecule has 3 heterocycles. The fourth-order valence-electron chi connectivity index (χ4n) is 4.51. The number of carbonyl (C=O) groups is 3. The van der Waals surface area contributed by atoms with Gasteiger partial charge in [-0.05, 0) is 29.3 Å². The van der Waals surface area contributed by atoms with E-state index < -0.39 is 6.04 Å². The minimum atomic E-state index is -0.449. The summed E-state index contributed by atoms with van der Waals surface area (Å²) in [6.07, 6.45) is 3.61. The Hall–Kier alpha value is -3.91. The van der Waals surface area contributed by atoms with Gasteiger partial charge in [0.05, 0.1) is 25.7 Å². The number of nitrogens with zero attached hydrogens (tertiary/aromatic N) is 2. The lowest BCUT2D eigenvalue weighted by molar-refractivity contribution is -0.129. The normalized spacial score (nSPS) is 17.5. The predicted octanol–water partition coefficient (Wildman–Crippen LogP) is 3.81. The number of nitrogens with one attached hydrogen (secondary N) is 1. The molecule has 1 aromatic heterocycles. The van der Waals surface area contributed by atoms with Crippen molar-refractivity contribution in [2.24, 2.45) is 0 Å². The molecule has 0 aliphatic carbocycles. The molecule has 8 nitrogen and oxygen atoms in total. The maximum absolute atomic E-state index is 13.3. The van der Waals surface area contributed by atoms with Gasteiger partial charge in [0.15, 0.2) is 0 Å². The molecule has 3 amide bonds. The van der Waals surface area contributed by atoms with Gasteiger partial charge >= 0.3 is 0 Å². The van der Waals surface area contributed by atoms with Crippen LogP contribution in [0.2, 0.25) is 0 Å². The topological polar surface area (TPSA) is 92.1 Å². The maximum Gasteiger partial charge on any atom is 0.291 e. The largest absolute Gasteiger partial charge is 0.449 e. The van der Waals surface area contributed by atoms with Crippen LogP contribution in [0, 0.1) is 0 Å². The molecule has 5 rings (SSSR count). The van der Waals surface area contributed by atoms with E-state index in [2.05, 4.69) is 5.32 Å². The lowest BCUT2D eigenvalue weighted by Crippen LogP contribution is -2.40. The molecule has 34 heavy (non-hydrogen) atoms. The first kappa shape index (κ1) is 21.9. The average molecular weight is 460 g/mol. The number of amides is 3. The molecule has 0 unspecified atom stereocenters. The number of anilines is 1. The van der Waals surface area contributed by atoms with Crippen LogP contribution in [0.4, 0.5) is 5.69 Å². The monoisotopic (exact) mass is 459 g/mol. The highest BCUT2D eigenvalue weighted by Crippen LogP contribution is 2.35. The Morgan fingerprint density at radius 2 is 1.76 bits per heavy atom. The van der Waals surface area contributed by atoms with Crippen molar-refractivity contribution in [3.8, 4) is 0 Å². The number of ether oxygens (including phenoxy) is 1. The van der Waals surface area contributed by atoms with Crippen LogP contribution in [0.1, 0.15) is 41.1 Å². The van der Waals surface area contributed by atoms with Gasteiger partial charge in [0.25, 0.3) is 5.91 Å². The van der Waals surface area contributed by atoms with Gasteiger partial charge < -0.3 is 24.3 Å². The Morgan fingerprint density at radius 1 is 1.03 bits per heavy atom. The van der Waals surface area contributed by atoms with E-state index in [0.717, 1.165) is 11.1 Å². The lowest BCUT2D eigenvalue weighted by Gasteiger charge is -2.32. The van der Waals surface area contributed by atoms with E-state index in [9.17, 15) is 14.4 Å². The van der Waals surface area contributed by atoms with E-state index in [1.54, 1.807) is 22.1 Å². The molecule has 0 saturated carbocycles. The first-order valence-electron chi connectivity index (χ1n) is 11.3. The number of rotatable bonds is 4. The van der Waals surface area contributed by atoms with Crippen LogP contribution in [0.15, 0.2) is 59.1 Å². The minimum absolute atomic E-state index is 0.0334. The standard InChI is InChI=1S/C26H25N3O5/c1-17(30)29-11-10-18-6-2-3-7-19(18)21(29)16-23(31)27-24-20-8-4-5-9-22(20)34-25(24)26(32)28-12-14-33-15-13-28/h2-11,21H,12-16H2,1H3,(H,27,31)/t21-/m0/s1. The third kappa shape index (κ3) is 4.08. The zero-order valence-electron chi connectivity index (χ0n) is 18.8. The van der Waals surface area contributed by atoms with Crippen molar-refractivity contribution in [1.29, 1.82) is 0 Å². The Morgan fingerprint density at radius 3 is 2.56 bits per heavy atom. The lowest BCUT2D eigenvalue weighted by atomic mass is 9.93. The number of carbonyl (C=O) groups excluding carboxylic acids is 3. The fraction of sp³-hybridized carbons (Fsp3) is 0.269. The van der Waals surface area contributed by atoms with Gasteiger partial charge in [0.1, 0.15) is 11.3 Å². The van der Waals surface area contributed by atoms with Crippen molar-refractivity contribution in [2.75, 3.05) is 31.6 Å². The smallest absolute Gasteiger partial charge is 0.291 e. The third-order valence-corrected chi connectivity index (χ3v) is 6.20. The van der Waals surface area contributed by atoms with Crippen LogP contribution in [-0.2, 0) is 14.3 Å². The quantitative estimate of drug-likeness (QED) is 0.641. The maximum atomic E-state index is 13.3. The summed E-state index contributed by atoms with van der Waals surface area (Å²) >= 11 is 0. The molecule has 2 aromatic carbocycles. The van der Waals surface area contributed by atoms with Crippen LogP contribution in [-0.4, -0.2) is 53.8 Å². The second-order valence-electron chi connectivity index (χ2n) is 8.35. The second-order valence-corrected chi connectivity index (χ2v) is 8.35. The molecular formula is C26H25N3O5. The zero-order valence-corrected chi connectivity index (χ0v) is 18.8. The molecule has 2 aliphatic heterocycles. The summed E-state index contributed by atoms with van der Waals surface area (Å²) in [6.45, 7) is 3.32. The van der Waals surface area contributed by atoms with E-state index in [1.807, 2.05) is 48.5 Å². The molecule has 0 spiro atoms. The van der Waals surface area contributed by atoms with Crippen LogP contribution in [0.3, 0.4) is 0 Å². The summed E-state index contributed by atoms with van der Waals surface area (Å²) in [4.78, 5) is 42.0. The first-order valence-corrected chi connectivity index (χ1v) is 11.3. The summed E-state index contributed by atoms with van der Waals surface area (Å²) in [5.41, 5.74) is 2.74. The van der Waals surface area contributed by atoms with Gasteiger partial charge in [-0.2, -0.15) is 0 Å². The molecule has 1 saturated heterocycles. The molecule has 2 aliphatic rings. The molecule has 1 fully saturated rings. The summed E-state index contributed by atoms with van der Waals surface area (Å²) in [6, 6.07) is 14.5. The Bertz CT molecular complexity index is 1290. The number of hydrogen-bond donors (Lipinski definition) is 1. The van der Waals surface area contributed by atoms with Gasteiger partial charge in [0.2, 0.25) is 17.6 Å². The number of morpholine rings is 1. The first-order chi connectivity index (χ1) is 16.5. The van der Waals surface area contributed by atoms with Crippen molar-refractivity contribution in [3.05, 3.63) is 71.6 Å². The summed E-state index contributed by atoms with van der Waals surface area (Å²) in [7, 11) is 0. The molecule has 0 radical (unpaired) electrons. The van der Waals surface area contributed by atoms with Crippen LogP contribution < -0.4 is 5.32 Å². The highest BCUT2D eigenvalue weighted by Gasteiger charge is 2.31. The van der Waals surface area contributed by atoms with Gasteiger partial charge in [-0.3, -0.25) is 14.4 Å². The van der Waals surface area contributed by atoms with Gasteiger partial charge in [0, 0.05) is 31.6 Å². The van der Waals surface area contributed by atoms with E-state index in [0.29, 0.717) is 43.0 Å². The van der Waals surface area contributed by atoms with Gasteiger partial charge in [-0.1, -0.05) is 36.4 Å². The highest BCUT2D eigenvalue weighted by molar-refractivity contribution is 6.11. The molecule has 1 atom stereocenters. The van der Waals surface area contributed by atoms with Crippen molar-refractivity contribution >= 4 is 40.5 Å². The molecule has 174 valence electrons. The van der Waals surface area contributed by atoms with Crippen molar-refractivity contribution in [3.63, 3.8) is 0 Å². The SMILES string of the molecule is CC(=O)N1C=Cc2ccccc2[C@@H]1CC(=O)Nc1c(C(=O)N2CCOCC2)oc2ccccc12. The van der Waals surface area contributed by atoms with Crippen LogP contribution in [0.5, 0.6) is 0 Å². The number of fused-ring (bicyclic) bond motifs is 2. The number of benzene rings is 2. The molecule has 8 heteroatoms. The summed E-state index contributed by atoms with van der Waals surface area (Å²) in [5, 5.41) is 3.57. The Kier molecular flexibility index (Phi) is 5.90.